The lowest BCUT2D eigenvalue weighted by Crippen LogP contribution is -2.45. The summed E-state index contributed by atoms with van der Waals surface area (Å²) in [6.07, 6.45) is 5.82. The average Bonchev–Trinajstić information content (AvgIpc) is 2.64. The van der Waals surface area contributed by atoms with Crippen molar-refractivity contribution in [1.82, 2.24) is 15.3 Å². The number of primary amides is 1. The highest BCUT2D eigenvalue weighted by atomic mass is 19.1. The van der Waals surface area contributed by atoms with Crippen molar-refractivity contribution < 1.29 is 9.18 Å². The monoisotopic (exact) mass is 372 g/mol. The Morgan fingerprint density at radius 2 is 1.96 bits per heavy atom. The number of anilines is 3. The van der Waals surface area contributed by atoms with Crippen LogP contribution in [0, 0.1) is 12.7 Å². The van der Waals surface area contributed by atoms with E-state index in [4.69, 9.17) is 5.73 Å². The molecule has 2 heterocycles. The highest BCUT2D eigenvalue weighted by Gasteiger charge is 2.26. The van der Waals surface area contributed by atoms with Crippen LogP contribution < -0.4 is 21.7 Å². The van der Waals surface area contributed by atoms with Crippen LogP contribution in [0.4, 0.5) is 21.7 Å². The predicted octanol–water partition coefficient (Wildman–Crippen LogP) is 2.71. The van der Waals surface area contributed by atoms with E-state index in [1.54, 1.807) is 18.3 Å². The maximum Gasteiger partial charge on any atom is 0.252 e. The number of aryl methyl sites for hydroxylation is 1. The Kier molecular flexibility index (Phi) is 5.85. The molecular weight excluding hydrogens is 347 g/mol. The third-order valence-electron chi connectivity index (χ3n) is 4.86. The molecule has 1 aliphatic rings. The highest BCUT2D eigenvalue weighted by molar-refractivity contribution is 5.98. The van der Waals surface area contributed by atoms with Gasteiger partial charge in [0.1, 0.15) is 5.82 Å². The second-order valence-corrected chi connectivity index (χ2v) is 6.82. The van der Waals surface area contributed by atoms with Crippen molar-refractivity contribution >= 4 is 23.2 Å². The number of carbonyl (C=O) groups is 1. The molecule has 1 fully saturated rings. The van der Waals surface area contributed by atoms with Crippen LogP contribution >= 0.6 is 0 Å². The van der Waals surface area contributed by atoms with Gasteiger partial charge in [0.15, 0.2) is 11.6 Å². The topological polar surface area (TPSA) is 105 Å². The standard InChI is InChI=1S/C19H25FN6O/c1-11-9-12(7-8-23-11)24-18-13(17(21)27)10-14(20)19(26-18)25-16-6-4-3-5-15(16)22-2/h7-10,15-16,22H,3-6H2,1-2H3,(H2,21,27)(H2,23,24,25,26)/t15-,16?/m0/s1. The summed E-state index contributed by atoms with van der Waals surface area (Å²) in [5.41, 5.74) is 6.92. The van der Waals surface area contributed by atoms with Crippen molar-refractivity contribution in [3.05, 3.63) is 41.5 Å². The van der Waals surface area contributed by atoms with Crippen LogP contribution in [-0.4, -0.2) is 35.0 Å². The summed E-state index contributed by atoms with van der Waals surface area (Å²) in [4.78, 5) is 20.2. The molecule has 0 spiro atoms. The first kappa shape index (κ1) is 19.0. The normalized spacial score (nSPS) is 19.5. The summed E-state index contributed by atoms with van der Waals surface area (Å²) in [5, 5.41) is 9.53. The minimum absolute atomic E-state index is 0.00123. The minimum atomic E-state index is -0.744. The Labute approximate surface area is 158 Å². The van der Waals surface area contributed by atoms with E-state index in [1.807, 2.05) is 14.0 Å². The van der Waals surface area contributed by atoms with Gasteiger partial charge >= 0.3 is 0 Å². The number of nitrogens with zero attached hydrogens (tertiary/aromatic N) is 2. The van der Waals surface area contributed by atoms with Crippen molar-refractivity contribution in [1.29, 1.82) is 0 Å². The van der Waals surface area contributed by atoms with Crippen LogP contribution in [0.25, 0.3) is 0 Å². The minimum Gasteiger partial charge on any atom is -0.365 e. The van der Waals surface area contributed by atoms with Gasteiger partial charge in [-0.15, -0.1) is 0 Å². The summed E-state index contributed by atoms with van der Waals surface area (Å²) in [6, 6.07) is 5.00. The van der Waals surface area contributed by atoms with E-state index in [0.717, 1.165) is 37.4 Å². The number of hydrogen-bond acceptors (Lipinski definition) is 6. The smallest absolute Gasteiger partial charge is 0.252 e. The molecule has 1 unspecified atom stereocenters. The molecule has 2 atom stereocenters. The molecular formula is C19H25FN6O. The number of nitrogens with two attached hydrogens (primary N) is 1. The fraction of sp³-hybridized carbons (Fsp3) is 0.421. The lowest BCUT2D eigenvalue weighted by Gasteiger charge is -2.32. The molecule has 7 nitrogen and oxygen atoms in total. The molecule has 2 aromatic rings. The maximum absolute atomic E-state index is 14.6. The van der Waals surface area contributed by atoms with E-state index in [9.17, 15) is 9.18 Å². The third kappa shape index (κ3) is 4.51. The molecule has 1 aliphatic carbocycles. The molecule has 1 amide bonds. The molecule has 0 saturated heterocycles. The quantitative estimate of drug-likeness (QED) is 0.621. The van der Waals surface area contributed by atoms with E-state index >= 15 is 0 Å². The lowest BCUT2D eigenvalue weighted by atomic mass is 9.90. The van der Waals surface area contributed by atoms with Crippen molar-refractivity contribution in [3.8, 4) is 0 Å². The molecule has 0 radical (unpaired) electrons. The zero-order valence-electron chi connectivity index (χ0n) is 15.6. The van der Waals surface area contributed by atoms with Crippen molar-refractivity contribution in [2.24, 2.45) is 5.73 Å². The van der Waals surface area contributed by atoms with Gasteiger partial charge in [0.2, 0.25) is 0 Å². The van der Waals surface area contributed by atoms with Crippen LogP contribution in [0.3, 0.4) is 0 Å². The number of carbonyl (C=O) groups excluding carboxylic acids is 1. The fourth-order valence-electron chi connectivity index (χ4n) is 3.46. The SMILES string of the molecule is CN[C@H]1CCCCC1Nc1nc(Nc2ccnc(C)c2)c(C(N)=O)cc1F. The fourth-order valence-corrected chi connectivity index (χ4v) is 3.46. The summed E-state index contributed by atoms with van der Waals surface area (Å²) >= 11 is 0. The number of amides is 1. The molecule has 0 aromatic carbocycles. The van der Waals surface area contributed by atoms with Gasteiger partial charge in [0.25, 0.3) is 5.91 Å². The molecule has 27 heavy (non-hydrogen) atoms. The summed E-state index contributed by atoms with van der Waals surface area (Å²) in [5.74, 6) is -1.01. The molecule has 8 heteroatoms. The second kappa shape index (κ2) is 8.30. The highest BCUT2D eigenvalue weighted by Crippen LogP contribution is 2.27. The number of hydrogen-bond donors (Lipinski definition) is 4. The van der Waals surface area contributed by atoms with Crippen LogP contribution in [-0.2, 0) is 0 Å². The zero-order chi connectivity index (χ0) is 19.4. The Morgan fingerprint density at radius 3 is 2.63 bits per heavy atom. The van der Waals surface area contributed by atoms with Gasteiger partial charge in [0.05, 0.1) is 5.56 Å². The summed E-state index contributed by atoms with van der Waals surface area (Å²) in [6.45, 7) is 1.85. The van der Waals surface area contributed by atoms with E-state index in [0.29, 0.717) is 5.69 Å². The van der Waals surface area contributed by atoms with Gasteiger partial charge in [-0.05, 0) is 45.0 Å². The van der Waals surface area contributed by atoms with Crippen molar-refractivity contribution in [2.45, 2.75) is 44.7 Å². The van der Waals surface area contributed by atoms with Gasteiger partial charge in [-0.3, -0.25) is 9.78 Å². The Hall–Kier alpha value is -2.74. The Morgan fingerprint density at radius 1 is 1.22 bits per heavy atom. The van der Waals surface area contributed by atoms with Crippen molar-refractivity contribution in [3.63, 3.8) is 0 Å². The van der Waals surface area contributed by atoms with Gasteiger partial charge in [0, 0.05) is 29.7 Å². The summed E-state index contributed by atoms with van der Waals surface area (Å²) < 4.78 is 14.6. The molecule has 1 saturated carbocycles. The van der Waals surface area contributed by atoms with Crippen LogP contribution in [0.1, 0.15) is 41.7 Å². The predicted molar refractivity (Wildman–Crippen MR) is 104 cm³/mol. The Balaban J connectivity index is 1.91. The number of pyridine rings is 2. The first-order chi connectivity index (χ1) is 13.0. The molecule has 144 valence electrons. The Bertz CT molecular complexity index is 828. The van der Waals surface area contributed by atoms with Gasteiger partial charge in [-0.25, -0.2) is 9.37 Å². The zero-order valence-corrected chi connectivity index (χ0v) is 15.6. The maximum atomic E-state index is 14.6. The number of rotatable bonds is 6. The van der Waals surface area contributed by atoms with Crippen molar-refractivity contribution in [2.75, 3.05) is 17.7 Å². The molecule has 2 aromatic heterocycles. The second-order valence-electron chi connectivity index (χ2n) is 6.82. The van der Waals surface area contributed by atoms with E-state index in [2.05, 4.69) is 25.9 Å². The van der Waals surface area contributed by atoms with E-state index < -0.39 is 11.7 Å². The number of likely N-dealkylation sites (N-methyl/N-ethyl adjacent to an activating group) is 1. The first-order valence-corrected chi connectivity index (χ1v) is 9.11. The van der Waals surface area contributed by atoms with E-state index in [-0.39, 0.29) is 29.3 Å². The van der Waals surface area contributed by atoms with Crippen LogP contribution in [0.2, 0.25) is 0 Å². The lowest BCUT2D eigenvalue weighted by molar-refractivity contribution is 0.100. The van der Waals surface area contributed by atoms with Gasteiger partial charge < -0.3 is 21.7 Å². The van der Waals surface area contributed by atoms with Gasteiger partial charge in [-0.2, -0.15) is 0 Å². The summed E-state index contributed by atoms with van der Waals surface area (Å²) in [7, 11) is 1.91. The van der Waals surface area contributed by atoms with Gasteiger partial charge in [-0.1, -0.05) is 12.8 Å². The van der Waals surface area contributed by atoms with Crippen LogP contribution in [0.15, 0.2) is 24.4 Å². The first-order valence-electron chi connectivity index (χ1n) is 9.11. The largest absolute Gasteiger partial charge is 0.365 e. The number of halogens is 1. The number of nitrogens with one attached hydrogen (secondary N) is 3. The molecule has 0 aliphatic heterocycles. The molecule has 3 rings (SSSR count). The molecule has 5 N–H and O–H groups in total. The third-order valence-corrected chi connectivity index (χ3v) is 4.86. The van der Waals surface area contributed by atoms with Crippen LogP contribution in [0.5, 0.6) is 0 Å². The van der Waals surface area contributed by atoms with E-state index in [1.165, 1.54) is 0 Å². The number of aromatic nitrogens is 2. The molecule has 0 bridgehead atoms. The average molecular weight is 372 g/mol.